The Kier molecular flexibility index (Phi) is 3.80. The van der Waals surface area contributed by atoms with Crippen LogP contribution in [0.3, 0.4) is 0 Å². The summed E-state index contributed by atoms with van der Waals surface area (Å²) in [6, 6.07) is 0.0841. The second-order valence-corrected chi connectivity index (χ2v) is 5.98. The lowest BCUT2D eigenvalue weighted by Gasteiger charge is -2.25. The molecule has 1 fully saturated rings. The molecule has 0 saturated heterocycles. The largest absolute Gasteiger partial charge is 0.396 e. The van der Waals surface area contributed by atoms with Crippen molar-refractivity contribution in [2.45, 2.75) is 43.2 Å². The van der Waals surface area contributed by atoms with E-state index < -0.39 is 10.0 Å². The van der Waals surface area contributed by atoms with Gasteiger partial charge in [0.05, 0.1) is 6.20 Å². The average molecular weight is 259 g/mol. The molecule has 2 rings (SSSR count). The molecule has 0 aliphatic heterocycles. The second kappa shape index (κ2) is 5.16. The molecule has 17 heavy (non-hydrogen) atoms. The summed E-state index contributed by atoms with van der Waals surface area (Å²) in [5.74, 6) is 0. The fraction of sp³-hybridized carbons (Fsp3) is 0.700. The van der Waals surface area contributed by atoms with Gasteiger partial charge in [-0.2, -0.15) is 5.10 Å². The van der Waals surface area contributed by atoms with E-state index in [1.165, 1.54) is 17.1 Å². The minimum atomic E-state index is -3.42. The number of sulfonamides is 1. The second-order valence-electron chi connectivity index (χ2n) is 4.27. The van der Waals surface area contributed by atoms with Crippen molar-refractivity contribution in [2.24, 2.45) is 0 Å². The molecular weight excluding hydrogens is 242 g/mol. The zero-order valence-electron chi connectivity index (χ0n) is 9.54. The summed E-state index contributed by atoms with van der Waals surface area (Å²) in [5.41, 5.74) is 0. The first-order valence-corrected chi connectivity index (χ1v) is 7.26. The number of aryl methyl sites for hydroxylation is 1. The number of aromatic nitrogens is 2. The SMILES string of the molecule is O=S(=O)(NC1CCC1)c1cnn(CCCO)c1. The van der Waals surface area contributed by atoms with Crippen LogP contribution < -0.4 is 4.72 Å². The van der Waals surface area contributed by atoms with Crippen LogP contribution in [0.15, 0.2) is 17.3 Å². The quantitative estimate of drug-likeness (QED) is 0.758. The molecule has 1 aromatic rings. The van der Waals surface area contributed by atoms with Crippen LogP contribution in [0, 0.1) is 0 Å². The molecule has 0 aromatic carbocycles. The molecule has 0 radical (unpaired) electrons. The third-order valence-electron chi connectivity index (χ3n) is 2.89. The summed E-state index contributed by atoms with van der Waals surface area (Å²) in [6.45, 7) is 0.595. The maximum absolute atomic E-state index is 11.9. The van der Waals surface area contributed by atoms with Gasteiger partial charge in [0, 0.05) is 25.4 Å². The Morgan fingerprint density at radius 2 is 2.29 bits per heavy atom. The Bertz CT molecular complexity index is 465. The highest BCUT2D eigenvalue weighted by molar-refractivity contribution is 7.89. The summed E-state index contributed by atoms with van der Waals surface area (Å²) in [7, 11) is -3.42. The van der Waals surface area contributed by atoms with Crippen LogP contribution >= 0.6 is 0 Å². The van der Waals surface area contributed by atoms with E-state index in [1.807, 2.05) is 0 Å². The van der Waals surface area contributed by atoms with Gasteiger partial charge in [-0.15, -0.1) is 0 Å². The molecule has 0 atom stereocenters. The van der Waals surface area contributed by atoms with Crippen molar-refractivity contribution in [3.8, 4) is 0 Å². The fourth-order valence-electron chi connectivity index (χ4n) is 1.65. The number of nitrogens with one attached hydrogen (secondary N) is 1. The molecule has 0 bridgehead atoms. The van der Waals surface area contributed by atoms with Crippen molar-refractivity contribution in [1.29, 1.82) is 0 Å². The Morgan fingerprint density at radius 1 is 1.53 bits per heavy atom. The molecule has 1 aromatic heterocycles. The molecule has 6 nitrogen and oxygen atoms in total. The van der Waals surface area contributed by atoms with E-state index in [0.717, 1.165) is 19.3 Å². The third kappa shape index (κ3) is 3.05. The molecular formula is C10H17N3O3S. The lowest BCUT2D eigenvalue weighted by Crippen LogP contribution is -2.39. The van der Waals surface area contributed by atoms with Crippen LogP contribution in [0.4, 0.5) is 0 Å². The Hall–Kier alpha value is -0.920. The molecule has 96 valence electrons. The topological polar surface area (TPSA) is 84.2 Å². The first kappa shape index (κ1) is 12.5. The van der Waals surface area contributed by atoms with Crippen molar-refractivity contribution < 1.29 is 13.5 Å². The van der Waals surface area contributed by atoms with Gasteiger partial charge in [-0.05, 0) is 19.3 Å². The van der Waals surface area contributed by atoms with E-state index in [-0.39, 0.29) is 17.5 Å². The normalized spacial score (nSPS) is 17.0. The summed E-state index contributed by atoms with van der Waals surface area (Å²) < 4.78 is 28.0. The zero-order valence-corrected chi connectivity index (χ0v) is 10.4. The highest BCUT2D eigenvalue weighted by atomic mass is 32.2. The van der Waals surface area contributed by atoms with Crippen LogP contribution in [0.5, 0.6) is 0 Å². The number of nitrogens with zero attached hydrogens (tertiary/aromatic N) is 2. The summed E-state index contributed by atoms with van der Waals surface area (Å²) in [6.07, 6.45) is 6.32. The van der Waals surface area contributed by atoms with Crippen molar-refractivity contribution in [3.63, 3.8) is 0 Å². The lowest BCUT2D eigenvalue weighted by atomic mass is 9.94. The predicted molar refractivity (Wildman–Crippen MR) is 61.9 cm³/mol. The monoisotopic (exact) mass is 259 g/mol. The molecule has 0 amide bonds. The summed E-state index contributed by atoms with van der Waals surface area (Å²) >= 11 is 0. The first-order valence-electron chi connectivity index (χ1n) is 5.77. The van der Waals surface area contributed by atoms with E-state index in [4.69, 9.17) is 5.11 Å². The van der Waals surface area contributed by atoms with Crippen LogP contribution in [-0.2, 0) is 16.6 Å². The summed E-state index contributed by atoms with van der Waals surface area (Å²) in [4.78, 5) is 0.197. The smallest absolute Gasteiger partial charge is 0.243 e. The van der Waals surface area contributed by atoms with Crippen LogP contribution in [0.1, 0.15) is 25.7 Å². The van der Waals surface area contributed by atoms with Gasteiger partial charge in [-0.25, -0.2) is 13.1 Å². The minimum Gasteiger partial charge on any atom is -0.396 e. The minimum absolute atomic E-state index is 0.0717. The van der Waals surface area contributed by atoms with E-state index in [2.05, 4.69) is 9.82 Å². The number of hydrogen-bond donors (Lipinski definition) is 2. The number of aliphatic hydroxyl groups is 1. The maximum Gasteiger partial charge on any atom is 0.243 e. The highest BCUT2D eigenvalue weighted by Gasteiger charge is 2.25. The van der Waals surface area contributed by atoms with Gasteiger partial charge in [0.1, 0.15) is 4.90 Å². The van der Waals surface area contributed by atoms with Crippen molar-refractivity contribution >= 4 is 10.0 Å². The van der Waals surface area contributed by atoms with Crippen molar-refractivity contribution in [1.82, 2.24) is 14.5 Å². The number of aliphatic hydroxyl groups excluding tert-OH is 1. The van der Waals surface area contributed by atoms with E-state index in [1.54, 1.807) is 0 Å². The van der Waals surface area contributed by atoms with E-state index in [0.29, 0.717) is 13.0 Å². The van der Waals surface area contributed by atoms with Crippen LogP contribution in [-0.4, -0.2) is 36.0 Å². The first-order chi connectivity index (χ1) is 8.12. The number of rotatable bonds is 6. The van der Waals surface area contributed by atoms with Crippen LogP contribution in [0.2, 0.25) is 0 Å². The molecule has 2 N–H and O–H groups in total. The van der Waals surface area contributed by atoms with Gasteiger partial charge in [0.15, 0.2) is 0 Å². The molecule has 1 aliphatic rings. The summed E-state index contributed by atoms with van der Waals surface area (Å²) in [5, 5.41) is 12.6. The van der Waals surface area contributed by atoms with Gasteiger partial charge in [0.25, 0.3) is 0 Å². The average Bonchev–Trinajstić information content (AvgIpc) is 2.70. The van der Waals surface area contributed by atoms with Crippen LogP contribution in [0.25, 0.3) is 0 Å². The standard InChI is InChI=1S/C10H17N3O3S/c14-6-2-5-13-8-10(7-11-13)17(15,16)12-9-3-1-4-9/h7-9,12,14H,1-6H2. The van der Waals surface area contributed by atoms with Gasteiger partial charge in [-0.3, -0.25) is 4.68 Å². The Balaban J connectivity index is 2.02. The molecule has 0 spiro atoms. The van der Waals surface area contributed by atoms with Gasteiger partial charge in [0.2, 0.25) is 10.0 Å². The van der Waals surface area contributed by atoms with Gasteiger partial charge in [-0.1, -0.05) is 6.42 Å². The van der Waals surface area contributed by atoms with Gasteiger partial charge >= 0.3 is 0 Å². The molecule has 7 heteroatoms. The molecule has 1 heterocycles. The number of hydrogen-bond acceptors (Lipinski definition) is 4. The predicted octanol–water partition coefficient (Wildman–Crippen LogP) is 0.0963. The molecule has 0 unspecified atom stereocenters. The molecule has 1 aliphatic carbocycles. The van der Waals surface area contributed by atoms with Gasteiger partial charge < -0.3 is 5.11 Å². The van der Waals surface area contributed by atoms with E-state index >= 15 is 0 Å². The zero-order chi connectivity index (χ0) is 12.3. The maximum atomic E-state index is 11.9. The highest BCUT2D eigenvalue weighted by Crippen LogP contribution is 2.20. The van der Waals surface area contributed by atoms with Crippen molar-refractivity contribution in [2.75, 3.05) is 6.61 Å². The van der Waals surface area contributed by atoms with Crippen molar-refractivity contribution in [3.05, 3.63) is 12.4 Å². The van der Waals surface area contributed by atoms with E-state index in [9.17, 15) is 8.42 Å². The lowest BCUT2D eigenvalue weighted by molar-refractivity contribution is 0.277. The molecule has 1 saturated carbocycles. The Morgan fingerprint density at radius 3 is 2.88 bits per heavy atom. The third-order valence-corrected chi connectivity index (χ3v) is 4.37. The fourth-order valence-corrected chi connectivity index (χ4v) is 2.91. The Labute approximate surface area is 101 Å².